The lowest BCUT2D eigenvalue weighted by atomic mass is 10.1. The summed E-state index contributed by atoms with van der Waals surface area (Å²) >= 11 is 1.26. The molecule has 194 valence electrons. The van der Waals surface area contributed by atoms with E-state index < -0.39 is 17.2 Å². The molecule has 0 bridgehead atoms. The van der Waals surface area contributed by atoms with Crippen molar-refractivity contribution in [1.29, 1.82) is 0 Å². The third-order valence-electron chi connectivity index (χ3n) is 6.25. The van der Waals surface area contributed by atoms with Gasteiger partial charge in [0.15, 0.2) is 5.17 Å². The minimum atomic E-state index is -0.843. The second-order valence-corrected chi connectivity index (χ2v) is 10.0. The lowest BCUT2D eigenvalue weighted by Gasteiger charge is -2.32. The molecule has 3 amide bonds. The fourth-order valence-electron chi connectivity index (χ4n) is 4.28. The zero-order valence-corrected chi connectivity index (χ0v) is 21.6. The smallest absolute Gasteiger partial charge is 0.271 e. The van der Waals surface area contributed by atoms with Crippen LogP contribution in [0.3, 0.4) is 0 Å². The van der Waals surface area contributed by atoms with E-state index in [4.69, 9.17) is 9.41 Å². The van der Waals surface area contributed by atoms with E-state index in [2.05, 4.69) is 15.6 Å². The average molecular weight is 530 g/mol. The first-order valence-electron chi connectivity index (χ1n) is 12.4. The van der Waals surface area contributed by atoms with E-state index in [0.29, 0.717) is 41.0 Å². The van der Waals surface area contributed by atoms with Gasteiger partial charge in [0, 0.05) is 12.1 Å². The molecular formula is C28H27N5O4S. The highest BCUT2D eigenvalue weighted by Crippen LogP contribution is 2.36. The number of rotatable bonds is 9. The number of hydrogen-bond acceptors (Lipinski definition) is 7. The monoisotopic (exact) mass is 529 g/mol. The van der Waals surface area contributed by atoms with E-state index >= 15 is 0 Å². The molecule has 0 spiro atoms. The number of thioether (sulfide) groups is 1. The molecule has 10 heteroatoms. The van der Waals surface area contributed by atoms with Gasteiger partial charge in [-0.25, -0.2) is 4.99 Å². The number of para-hydroxylation sites is 1. The Kier molecular flexibility index (Phi) is 7.69. The van der Waals surface area contributed by atoms with Gasteiger partial charge in [-0.2, -0.15) is 4.99 Å². The lowest BCUT2D eigenvalue weighted by molar-refractivity contribution is -0.126. The van der Waals surface area contributed by atoms with Gasteiger partial charge in [-0.15, -0.1) is 0 Å². The van der Waals surface area contributed by atoms with Gasteiger partial charge in [-0.05, 0) is 36.2 Å². The number of furan rings is 1. The minimum absolute atomic E-state index is 0.0815. The summed E-state index contributed by atoms with van der Waals surface area (Å²) < 4.78 is 5.31. The molecule has 0 aliphatic carbocycles. The second kappa shape index (κ2) is 11.5. The summed E-state index contributed by atoms with van der Waals surface area (Å²) in [5.41, 5.74) is 2.34. The Hall–Kier alpha value is -4.18. The first-order valence-corrected chi connectivity index (χ1v) is 13.3. The fraction of sp³-hybridized carbons (Fsp3) is 0.250. The summed E-state index contributed by atoms with van der Waals surface area (Å²) in [4.78, 5) is 49.8. The maximum atomic E-state index is 13.1. The first kappa shape index (κ1) is 25.5. The molecule has 38 heavy (non-hydrogen) atoms. The Morgan fingerprint density at radius 2 is 1.79 bits per heavy atom. The normalized spacial score (nSPS) is 16.7. The molecule has 2 atom stereocenters. The summed E-state index contributed by atoms with van der Waals surface area (Å²) in [6.07, 6.45) is 2.01. The van der Waals surface area contributed by atoms with Crippen molar-refractivity contribution >= 4 is 46.2 Å². The number of amidine groups is 2. The molecular weight excluding hydrogens is 502 g/mol. The molecule has 1 aromatic heterocycles. The van der Waals surface area contributed by atoms with Crippen molar-refractivity contribution in [1.82, 2.24) is 15.5 Å². The molecule has 0 saturated heterocycles. The average Bonchev–Trinajstić information content (AvgIpc) is 3.58. The van der Waals surface area contributed by atoms with E-state index in [0.717, 1.165) is 5.56 Å². The standard InChI is InChI=1S/C28H27N5O4S/c1-2-23(27(36)30-17-19-11-8-14-37-19)38-28-31-21-13-7-6-12-20(21)25-32-26(35)22(33(25)28)15-24(34)29-16-18-9-4-3-5-10-18/h3-14,22-23H,2,15-17H2,1H3,(H,29,34)(H,30,36). The van der Waals surface area contributed by atoms with Crippen LogP contribution in [0.15, 0.2) is 87.4 Å². The maximum absolute atomic E-state index is 13.1. The first-order chi connectivity index (χ1) is 18.5. The van der Waals surface area contributed by atoms with Crippen LogP contribution in [0.5, 0.6) is 0 Å². The molecule has 2 aliphatic heterocycles. The van der Waals surface area contributed by atoms with Crippen LogP contribution in [0, 0.1) is 0 Å². The van der Waals surface area contributed by atoms with Crippen molar-refractivity contribution in [2.24, 2.45) is 9.98 Å². The lowest BCUT2D eigenvalue weighted by Crippen LogP contribution is -2.47. The van der Waals surface area contributed by atoms with Crippen LogP contribution in [-0.2, 0) is 27.5 Å². The Bertz CT molecular complexity index is 1390. The highest BCUT2D eigenvalue weighted by Gasteiger charge is 2.43. The van der Waals surface area contributed by atoms with E-state index in [-0.39, 0.29) is 24.8 Å². The Morgan fingerprint density at radius 1 is 1.00 bits per heavy atom. The van der Waals surface area contributed by atoms with Crippen molar-refractivity contribution in [2.45, 2.75) is 44.1 Å². The molecule has 2 unspecified atom stereocenters. The van der Waals surface area contributed by atoms with Crippen LogP contribution in [0.4, 0.5) is 5.69 Å². The summed E-state index contributed by atoms with van der Waals surface area (Å²) in [6, 6.07) is 19.7. The molecule has 0 radical (unpaired) electrons. The van der Waals surface area contributed by atoms with E-state index in [1.54, 1.807) is 23.3 Å². The molecule has 5 rings (SSSR count). The van der Waals surface area contributed by atoms with E-state index in [1.165, 1.54) is 11.8 Å². The number of aliphatic imine (C=N–C) groups is 2. The molecule has 9 nitrogen and oxygen atoms in total. The van der Waals surface area contributed by atoms with Gasteiger partial charge in [0.05, 0.1) is 30.2 Å². The van der Waals surface area contributed by atoms with E-state index in [1.807, 2.05) is 61.5 Å². The number of amides is 3. The maximum Gasteiger partial charge on any atom is 0.271 e. The molecule has 2 aromatic carbocycles. The molecule has 3 heterocycles. The van der Waals surface area contributed by atoms with Crippen LogP contribution < -0.4 is 10.6 Å². The molecule has 0 saturated carbocycles. The van der Waals surface area contributed by atoms with Crippen LogP contribution in [0.1, 0.15) is 36.7 Å². The highest BCUT2D eigenvalue weighted by atomic mass is 32.2. The highest BCUT2D eigenvalue weighted by molar-refractivity contribution is 8.15. The van der Waals surface area contributed by atoms with Gasteiger partial charge >= 0.3 is 0 Å². The third-order valence-corrected chi connectivity index (χ3v) is 7.58. The summed E-state index contributed by atoms with van der Waals surface area (Å²) in [7, 11) is 0. The van der Waals surface area contributed by atoms with Crippen LogP contribution in [0.25, 0.3) is 0 Å². The van der Waals surface area contributed by atoms with Crippen LogP contribution >= 0.6 is 11.8 Å². The minimum Gasteiger partial charge on any atom is -0.467 e. The molecule has 3 aromatic rings. The summed E-state index contributed by atoms with van der Waals surface area (Å²) in [6.45, 7) is 2.55. The fourth-order valence-corrected chi connectivity index (χ4v) is 5.37. The Labute approximate surface area is 224 Å². The van der Waals surface area contributed by atoms with Crippen LogP contribution in [0.2, 0.25) is 0 Å². The number of hydrogen-bond donors (Lipinski definition) is 2. The van der Waals surface area contributed by atoms with Crippen LogP contribution in [-0.4, -0.2) is 44.9 Å². The Balaban J connectivity index is 1.34. The predicted molar refractivity (Wildman–Crippen MR) is 146 cm³/mol. The topological polar surface area (TPSA) is 116 Å². The number of benzene rings is 2. The SMILES string of the molecule is CCC(SC1=Nc2ccccc2C2=NC(=O)C(CC(=O)NCc3ccccc3)N12)C(=O)NCc1ccco1. The zero-order chi connectivity index (χ0) is 26.5. The number of carbonyl (C=O) groups is 3. The molecule has 0 fully saturated rings. The van der Waals surface area contributed by atoms with E-state index in [9.17, 15) is 14.4 Å². The quantitative estimate of drug-likeness (QED) is 0.436. The number of nitrogens with one attached hydrogen (secondary N) is 2. The summed E-state index contributed by atoms with van der Waals surface area (Å²) in [5.74, 6) is 0.264. The van der Waals surface area contributed by atoms with Gasteiger partial charge in [-0.3, -0.25) is 19.3 Å². The van der Waals surface area contributed by atoms with Crippen molar-refractivity contribution in [3.05, 3.63) is 89.9 Å². The van der Waals surface area contributed by atoms with Gasteiger partial charge in [-0.1, -0.05) is 61.2 Å². The second-order valence-electron chi connectivity index (χ2n) is 8.85. The van der Waals surface area contributed by atoms with Crippen molar-refractivity contribution in [2.75, 3.05) is 0 Å². The number of fused-ring (bicyclic) bond motifs is 3. The molecule has 2 N–H and O–H groups in total. The number of nitrogens with zero attached hydrogens (tertiary/aromatic N) is 3. The largest absolute Gasteiger partial charge is 0.467 e. The van der Waals surface area contributed by atoms with Crippen molar-refractivity contribution in [3.8, 4) is 0 Å². The third kappa shape index (κ3) is 5.55. The van der Waals surface area contributed by atoms with Gasteiger partial charge in [0.1, 0.15) is 17.6 Å². The Morgan fingerprint density at radius 3 is 2.55 bits per heavy atom. The molecule has 2 aliphatic rings. The van der Waals surface area contributed by atoms with Gasteiger partial charge in [0.2, 0.25) is 11.8 Å². The predicted octanol–water partition coefficient (Wildman–Crippen LogP) is 3.77. The summed E-state index contributed by atoms with van der Waals surface area (Å²) in [5, 5.41) is 5.78. The van der Waals surface area contributed by atoms with Gasteiger partial charge < -0.3 is 15.1 Å². The van der Waals surface area contributed by atoms with Crippen molar-refractivity contribution < 1.29 is 18.8 Å². The number of carbonyl (C=O) groups excluding carboxylic acids is 3. The zero-order valence-electron chi connectivity index (χ0n) is 20.8. The van der Waals surface area contributed by atoms with Crippen molar-refractivity contribution in [3.63, 3.8) is 0 Å². The van der Waals surface area contributed by atoms with Gasteiger partial charge in [0.25, 0.3) is 5.91 Å².